The molecule has 5 heteroatoms. The van der Waals surface area contributed by atoms with E-state index in [0.717, 1.165) is 0 Å². The summed E-state index contributed by atoms with van der Waals surface area (Å²) in [5.41, 5.74) is 0.481. The summed E-state index contributed by atoms with van der Waals surface area (Å²) in [5.74, 6) is 0.314. The first kappa shape index (κ1) is 15.5. The van der Waals surface area contributed by atoms with Crippen LogP contribution in [0, 0.1) is 13.8 Å². The largest absolute Gasteiger partial charge is 0.465 e. The number of ether oxygens (including phenoxy) is 1. The molecule has 0 aliphatic rings. The third-order valence-electron chi connectivity index (χ3n) is 2.03. The van der Waals surface area contributed by atoms with Crippen LogP contribution in [0.1, 0.15) is 10.4 Å². The minimum atomic E-state index is -0.369. The van der Waals surface area contributed by atoms with Crippen LogP contribution in [0.2, 0.25) is 0 Å². The predicted octanol–water partition coefficient (Wildman–Crippen LogP) is 1.34. The minimum absolute atomic E-state index is 0. The predicted molar refractivity (Wildman–Crippen MR) is 58.5 cm³/mol. The van der Waals surface area contributed by atoms with Gasteiger partial charge in [0.25, 0.3) is 0 Å². The maximum Gasteiger partial charge on any atom is 0.338 e. The topological polar surface area (TPSA) is 42.4 Å². The van der Waals surface area contributed by atoms with E-state index in [1.807, 2.05) is 4.90 Å². The van der Waals surface area contributed by atoms with Gasteiger partial charge in [0.15, 0.2) is 0 Å². The Morgan fingerprint density at radius 1 is 1.50 bits per heavy atom. The number of esters is 1. The van der Waals surface area contributed by atoms with Gasteiger partial charge in [0.05, 0.1) is 12.7 Å². The van der Waals surface area contributed by atoms with Gasteiger partial charge in [0.2, 0.25) is 0 Å². The number of anilines is 1. The smallest absolute Gasteiger partial charge is 0.338 e. The van der Waals surface area contributed by atoms with E-state index in [9.17, 15) is 4.79 Å². The molecule has 0 aliphatic heterocycles. The minimum Gasteiger partial charge on any atom is -0.465 e. The fourth-order valence-corrected chi connectivity index (χ4v) is 1.18. The van der Waals surface area contributed by atoms with Crippen molar-refractivity contribution in [2.75, 3.05) is 25.1 Å². The first-order valence-corrected chi connectivity index (χ1v) is 4.60. The average molecular weight is 295 g/mol. The Labute approximate surface area is 121 Å². The summed E-state index contributed by atoms with van der Waals surface area (Å²) < 4.78 is 4.62. The van der Waals surface area contributed by atoms with Crippen molar-refractivity contribution in [1.29, 1.82) is 0 Å². The van der Waals surface area contributed by atoms with Gasteiger partial charge in [-0.1, -0.05) is 0 Å². The second kappa shape index (κ2) is 7.74. The van der Waals surface area contributed by atoms with Gasteiger partial charge in [0.1, 0.15) is 5.82 Å². The number of hydrogen-bond acceptors (Lipinski definition) is 4. The van der Waals surface area contributed by atoms with E-state index in [2.05, 4.69) is 23.6 Å². The van der Waals surface area contributed by atoms with Crippen LogP contribution in [-0.4, -0.2) is 31.2 Å². The molecular weight excluding hydrogens is 281 g/mol. The van der Waals surface area contributed by atoms with Crippen LogP contribution in [0.15, 0.2) is 18.3 Å². The summed E-state index contributed by atoms with van der Waals surface area (Å²) in [5, 5.41) is 0. The molecule has 16 heavy (non-hydrogen) atoms. The van der Waals surface area contributed by atoms with Crippen LogP contribution < -0.4 is 4.90 Å². The fourth-order valence-electron chi connectivity index (χ4n) is 1.18. The number of rotatable bonds is 4. The van der Waals surface area contributed by atoms with Gasteiger partial charge in [-0.15, -0.1) is 13.1 Å². The maximum atomic E-state index is 11.3. The molecule has 0 unspecified atom stereocenters. The molecule has 1 rings (SSSR count). The Kier molecular flexibility index (Phi) is 7.51. The van der Waals surface area contributed by atoms with Gasteiger partial charge in [-0.05, 0) is 12.1 Å². The summed E-state index contributed by atoms with van der Waals surface area (Å²) in [6.07, 6.45) is 1.57. The molecule has 1 aromatic heterocycles. The van der Waals surface area contributed by atoms with Crippen LogP contribution in [0.25, 0.3) is 0 Å². The summed E-state index contributed by atoms with van der Waals surface area (Å²) in [6, 6.07) is 3.28. The summed E-state index contributed by atoms with van der Waals surface area (Å²) in [7, 11) is 1.35. The number of methoxy groups -OCH3 is 1. The van der Waals surface area contributed by atoms with E-state index >= 15 is 0 Å². The van der Waals surface area contributed by atoms with Crippen molar-refractivity contribution in [2.45, 2.75) is 0 Å². The molecular formula is C11H14N2O2Y-2. The second-order valence-corrected chi connectivity index (χ2v) is 2.88. The Hall–Kier alpha value is -0.476. The van der Waals surface area contributed by atoms with Crippen LogP contribution >= 0.6 is 0 Å². The molecule has 0 saturated carbocycles. The van der Waals surface area contributed by atoms with E-state index in [4.69, 9.17) is 0 Å². The number of hydrogen-bond donors (Lipinski definition) is 0. The standard InChI is InChI=1S/C11H14N2O2.Y/c1-4-13(5-2)10-8-9(6-7-12-10)11(14)15-3;/h6-8H,1-2,4-5H2,3H3;/q-2;. The first-order valence-electron chi connectivity index (χ1n) is 4.60. The molecule has 85 valence electrons. The molecule has 0 amide bonds. The molecule has 0 aromatic carbocycles. The number of nitrogens with zero attached hydrogens (tertiary/aromatic N) is 2. The molecule has 0 spiro atoms. The first-order chi connectivity index (χ1) is 7.22. The monoisotopic (exact) mass is 295 g/mol. The summed E-state index contributed by atoms with van der Waals surface area (Å²) in [6.45, 7) is 8.63. The molecule has 1 heterocycles. The van der Waals surface area contributed by atoms with Gasteiger partial charge in [-0.3, -0.25) is 0 Å². The van der Waals surface area contributed by atoms with Crippen molar-refractivity contribution >= 4 is 11.8 Å². The molecule has 4 nitrogen and oxygen atoms in total. The van der Waals surface area contributed by atoms with Crippen molar-refractivity contribution in [1.82, 2.24) is 4.98 Å². The van der Waals surface area contributed by atoms with Crippen molar-refractivity contribution in [3.63, 3.8) is 0 Å². The van der Waals surface area contributed by atoms with Crippen LogP contribution in [0.5, 0.6) is 0 Å². The third-order valence-corrected chi connectivity index (χ3v) is 2.03. The van der Waals surface area contributed by atoms with E-state index in [0.29, 0.717) is 24.5 Å². The van der Waals surface area contributed by atoms with Crippen molar-refractivity contribution in [3.8, 4) is 0 Å². The van der Waals surface area contributed by atoms with Gasteiger partial charge in [-0.25, -0.2) is 9.78 Å². The Morgan fingerprint density at radius 2 is 2.12 bits per heavy atom. The van der Waals surface area contributed by atoms with Crippen molar-refractivity contribution in [2.24, 2.45) is 0 Å². The number of aromatic nitrogens is 1. The zero-order valence-corrected chi connectivity index (χ0v) is 12.2. The third kappa shape index (κ3) is 3.83. The Bertz CT molecular complexity index is 341. The van der Waals surface area contributed by atoms with E-state index < -0.39 is 0 Å². The molecule has 1 radical (unpaired) electrons. The summed E-state index contributed by atoms with van der Waals surface area (Å²) >= 11 is 0. The van der Waals surface area contributed by atoms with Gasteiger partial charge >= 0.3 is 5.97 Å². The second-order valence-electron chi connectivity index (χ2n) is 2.88. The zero-order chi connectivity index (χ0) is 11.3. The molecule has 0 N–H and O–H groups in total. The van der Waals surface area contributed by atoms with Crippen LogP contribution in [0.3, 0.4) is 0 Å². The normalized spacial score (nSPS) is 9.19. The molecule has 0 saturated heterocycles. The number of carbonyl (C=O) groups is 1. The molecule has 1 aromatic rings. The van der Waals surface area contributed by atoms with Gasteiger partial charge < -0.3 is 23.5 Å². The molecule has 0 fully saturated rings. The van der Waals surface area contributed by atoms with Gasteiger partial charge in [-0.2, -0.15) is 0 Å². The Morgan fingerprint density at radius 3 is 2.62 bits per heavy atom. The summed E-state index contributed by atoms with van der Waals surface area (Å²) in [4.78, 5) is 17.3. The zero-order valence-electron chi connectivity index (χ0n) is 9.35. The number of pyridine rings is 1. The van der Waals surface area contributed by atoms with Gasteiger partial charge in [0, 0.05) is 38.9 Å². The average Bonchev–Trinajstić information content (AvgIpc) is 2.30. The fraction of sp³-hybridized carbons (Fsp3) is 0.273. The SMILES string of the molecule is [CH2-]CN(C[CH2-])c1cc(C(=O)OC)ccn1.[Y]. The van der Waals surface area contributed by atoms with Crippen LogP contribution in [0.4, 0.5) is 5.82 Å². The molecule has 0 bridgehead atoms. The van der Waals surface area contributed by atoms with E-state index in [1.54, 1.807) is 18.3 Å². The quantitative estimate of drug-likeness (QED) is 0.621. The maximum absolute atomic E-state index is 11.3. The van der Waals surface area contributed by atoms with Crippen molar-refractivity contribution < 1.29 is 42.2 Å². The Balaban J connectivity index is 0.00000225. The number of carbonyl (C=O) groups excluding carboxylic acids is 1. The van der Waals surface area contributed by atoms with Crippen LogP contribution in [-0.2, 0) is 37.4 Å². The molecule has 0 aliphatic carbocycles. The molecule has 0 atom stereocenters. The van der Waals surface area contributed by atoms with E-state index in [-0.39, 0.29) is 38.7 Å². The van der Waals surface area contributed by atoms with E-state index in [1.165, 1.54) is 7.11 Å². The van der Waals surface area contributed by atoms with Crippen molar-refractivity contribution in [3.05, 3.63) is 37.7 Å².